The predicted octanol–water partition coefficient (Wildman–Crippen LogP) is 2.47. The maximum atomic E-state index is 8.89. The number of nitrogens with zero attached hydrogens (tertiary/aromatic N) is 5. The van der Waals surface area contributed by atoms with Crippen molar-refractivity contribution in [3.05, 3.63) is 54.0 Å². The Labute approximate surface area is 139 Å². The second-order valence-corrected chi connectivity index (χ2v) is 5.79. The van der Waals surface area contributed by atoms with Crippen molar-refractivity contribution in [3.8, 4) is 11.8 Å². The molecule has 24 heavy (non-hydrogen) atoms. The fourth-order valence-corrected chi connectivity index (χ4v) is 2.88. The summed E-state index contributed by atoms with van der Waals surface area (Å²) in [5.41, 5.74) is 1.29. The van der Waals surface area contributed by atoms with Crippen LogP contribution in [0.2, 0.25) is 0 Å². The largest absolute Gasteiger partial charge is 0.487 e. The molecule has 1 fully saturated rings. The number of rotatable bonds is 3. The fourth-order valence-electron chi connectivity index (χ4n) is 2.88. The van der Waals surface area contributed by atoms with Crippen LogP contribution in [0.5, 0.6) is 5.75 Å². The third kappa shape index (κ3) is 2.50. The number of benzene rings is 1. The minimum Gasteiger partial charge on any atom is -0.487 e. The van der Waals surface area contributed by atoms with Crippen molar-refractivity contribution in [2.75, 3.05) is 18.0 Å². The first-order chi connectivity index (χ1) is 11.7. The summed E-state index contributed by atoms with van der Waals surface area (Å²) in [5.74, 6) is 1.56. The van der Waals surface area contributed by atoms with Gasteiger partial charge in [-0.2, -0.15) is 10.4 Å². The van der Waals surface area contributed by atoms with E-state index in [1.54, 1.807) is 18.3 Å². The molecule has 1 aliphatic rings. The number of ether oxygens (including phenoxy) is 1. The summed E-state index contributed by atoms with van der Waals surface area (Å²) < 4.78 is 5.90. The molecule has 6 nitrogen and oxygen atoms in total. The van der Waals surface area contributed by atoms with Crippen LogP contribution in [-0.4, -0.2) is 34.4 Å². The van der Waals surface area contributed by atoms with E-state index in [1.807, 2.05) is 25.1 Å². The van der Waals surface area contributed by atoms with Crippen LogP contribution in [0.15, 0.2) is 42.6 Å². The lowest BCUT2D eigenvalue weighted by Gasteiger charge is -2.40. The van der Waals surface area contributed by atoms with Crippen LogP contribution >= 0.6 is 0 Å². The summed E-state index contributed by atoms with van der Waals surface area (Å²) in [5, 5.41) is 19.8. The van der Waals surface area contributed by atoms with Crippen LogP contribution in [-0.2, 0) is 0 Å². The van der Waals surface area contributed by atoms with E-state index >= 15 is 0 Å². The Bertz CT molecular complexity index is 944. The highest BCUT2D eigenvalue weighted by Crippen LogP contribution is 2.29. The maximum Gasteiger partial charge on any atom is 0.159 e. The Morgan fingerprint density at radius 1 is 1.17 bits per heavy atom. The molecule has 6 heteroatoms. The van der Waals surface area contributed by atoms with Crippen molar-refractivity contribution in [1.29, 1.82) is 5.26 Å². The Hall–Kier alpha value is -3.20. The van der Waals surface area contributed by atoms with Gasteiger partial charge in [-0.1, -0.05) is 24.3 Å². The van der Waals surface area contributed by atoms with E-state index < -0.39 is 0 Å². The molecule has 0 spiro atoms. The first-order valence-corrected chi connectivity index (χ1v) is 7.74. The van der Waals surface area contributed by atoms with Crippen LogP contribution in [0.4, 0.5) is 5.82 Å². The normalized spacial score (nSPS) is 14.2. The average Bonchev–Trinajstić information content (AvgIpc) is 2.59. The highest BCUT2D eigenvalue weighted by atomic mass is 16.5. The number of aromatic nitrogens is 3. The summed E-state index contributed by atoms with van der Waals surface area (Å²) in [4.78, 5) is 6.10. The van der Waals surface area contributed by atoms with Crippen molar-refractivity contribution in [2.45, 2.75) is 13.0 Å². The van der Waals surface area contributed by atoms with Crippen molar-refractivity contribution in [1.82, 2.24) is 15.2 Å². The van der Waals surface area contributed by atoms with E-state index in [0.29, 0.717) is 11.4 Å². The molecule has 0 N–H and O–H groups in total. The van der Waals surface area contributed by atoms with Crippen LogP contribution in [0.25, 0.3) is 10.8 Å². The minimum atomic E-state index is 0.0702. The predicted molar refractivity (Wildman–Crippen MR) is 89.9 cm³/mol. The summed E-state index contributed by atoms with van der Waals surface area (Å²) in [6.45, 7) is 3.45. The smallest absolute Gasteiger partial charge is 0.159 e. The maximum absolute atomic E-state index is 8.89. The van der Waals surface area contributed by atoms with Gasteiger partial charge in [-0.3, -0.25) is 0 Å². The molecule has 1 saturated heterocycles. The van der Waals surface area contributed by atoms with Gasteiger partial charge in [0.1, 0.15) is 23.6 Å². The first-order valence-electron chi connectivity index (χ1n) is 7.74. The highest BCUT2D eigenvalue weighted by molar-refractivity contribution is 5.93. The van der Waals surface area contributed by atoms with Gasteiger partial charge >= 0.3 is 0 Å². The molecule has 0 saturated carbocycles. The minimum absolute atomic E-state index is 0.0702. The molecule has 0 unspecified atom stereocenters. The van der Waals surface area contributed by atoms with Gasteiger partial charge < -0.3 is 9.64 Å². The van der Waals surface area contributed by atoms with Crippen LogP contribution < -0.4 is 9.64 Å². The first kappa shape index (κ1) is 14.4. The molecule has 3 heterocycles. The summed E-state index contributed by atoms with van der Waals surface area (Å²) in [6.07, 6.45) is 1.66. The van der Waals surface area contributed by atoms with Gasteiger partial charge in [-0.25, -0.2) is 4.98 Å². The fraction of sp³-hybridized carbons (Fsp3) is 0.222. The van der Waals surface area contributed by atoms with Crippen molar-refractivity contribution < 1.29 is 4.74 Å². The SMILES string of the molecule is Cc1nnc(N2CC(Oc3ccnc(C#N)c3)C2)c2ccccc12. The Balaban J connectivity index is 1.50. The van der Waals surface area contributed by atoms with Gasteiger partial charge in [0.05, 0.1) is 18.8 Å². The second-order valence-electron chi connectivity index (χ2n) is 5.79. The second kappa shape index (κ2) is 5.78. The lowest BCUT2D eigenvalue weighted by molar-refractivity contribution is 0.167. The molecule has 3 aromatic rings. The zero-order valence-electron chi connectivity index (χ0n) is 13.2. The van der Waals surface area contributed by atoms with Crippen molar-refractivity contribution in [2.24, 2.45) is 0 Å². The zero-order chi connectivity index (χ0) is 16.5. The van der Waals surface area contributed by atoms with Crippen molar-refractivity contribution >= 4 is 16.6 Å². The molecule has 4 rings (SSSR count). The molecule has 0 atom stereocenters. The number of nitriles is 1. The van der Waals surface area contributed by atoms with Gasteiger partial charge in [0.2, 0.25) is 0 Å². The van der Waals surface area contributed by atoms with Gasteiger partial charge in [0, 0.05) is 23.0 Å². The third-order valence-electron chi connectivity index (χ3n) is 4.15. The number of fused-ring (bicyclic) bond motifs is 1. The number of hydrogen-bond donors (Lipinski definition) is 0. The van der Waals surface area contributed by atoms with Crippen molar-refractivity contribution in [3.63, 3.8) is 0 Å². The molecular formula is C18H15N5O. The lowest BCUT2D eigenvalue weighted by atomic mass is 10.1. The molecule has 0 radical (unpaired) electrons. The Morgan fingerprint density at radius 3 is 2.75 bits per heavy atom. The van der Waals surface area contributed by atoms with Gasteiger partial charge in [0.25, 0.3) is 0 Å². The summed E-state index contributed by atoms with van der Waals surface area (Å²) >= 11 is 0. The number of hydrogen-bond acceptors (Lipinski definition) is 6. The van der Waals surface area contributed by atoms with Gasteiger partial charge in [-0.05, 0) is 13.0 Å². The standard InChI is InChI=1S/C18H15N5O/c1-12-16-4-2-3-5-17(16)18(22-21-12)23-10-15(11-23)24-14-6-7-20-13(8-14)9-19/h2-8,15H,10-11H2,1H3. The van der Waals surface area contributed by atoms with E-state index in [-0.39, 0.29) is 6.10 Å². The monoisotopic (exact) mass is 317 g/mol. The summed E-state index contributed by atoms with van der Waals surface area (Å²) in [6, 6.07) is 13.6. The number of anilines is 1. The van der Waals surface area contributed by atoms with Crippen LogP contribution in [0.1, 0.15) is 11.4 Å². The van der Waals surface area contributed by atoms with E-state index in [4.69, 9.17) is 10.00 Å². The average molecular weight is 317 g/mol. The molecule has 1 aromatic carbocycles. The Morgan fingerprint density at radius 2 is 1.96 bits per heavy atom. The highest BCUT2D eigenvalue weighted by Gasteiger charge is 2.31. The number of aryl methyl sites for hydroxylation is 1. The topological polar surface area (TPSA) is 74.9 Å². The molecular weight excluding hydrogens is 302 g/mol. The van der Waals surface area contributed by atoms with Gasteiger partial charge in [0.15, 0.2) is 5.82 Å². The van der Waals surface area contributed by atoms with E-state index in [9.17, 15) is 0 Å². The van der Waals surface area contributed by atoms with Crippen LogP contribution in [0.3, 0.4) is 0 Å². The summed E-state index contributed by atoms with van der Waals surface area (Å²) in [7, 11) is 0. The molecule has 0 bridgehead atoms. The molecule has 118 valence electrons. The molecule has 2 aromatic heterocycles. The van der Waals surface area contributed by atoms with E-state index in [0.717, 1.165) is 35.4 Å². The molecule has 0 amide bonds. The molecule has 1 aliphatic heterocycles. The molecule has 0 aliphatic carbocycles. The van der Waals surface area contributed by atoms with Crippen LogP contribution in [0, 0.1) is 18.3 Å². The van der Waals surface area contributed by atoms with E-state index in [1.165, 1.54) is 0 Å². The Kier molecular flexibility index (Phi) is 3.47. The zero-order valence-corrected chi connectivity index (χ0v) is 13.2. The van der Waals surface area contributed by atoms with Gasteiger partial charge in [-0.15, -0.1) is 5.10 Å². The quantitative estimate of drug-likeness (QED) is 0.739. The lowest BCUT2D eigenvalue weighted by Crippen LogP contribution is -2.54. The number of pyridine rings is 1. The third-order valence-corrected chi connectivity index (χ3v) is 4.15. The van der Waals surface area contributed by atoms with E-state index in [2.05, 4.69) is 32.2 Å².